The highest BCUT2D eigenvalue weighted by Crippen LogP contribution is 2.43. The van der Waals surface area contributed by atoms with Gasteiger partial charge in [0.25, 0.3) is 5.91 Å². The summed E-state index contributed by atoms with van der Waals surface area (Å²) >= 11 is 0. The molecule has 0 atom stereocenters. The Morgan fingerprint density at radius 3 is 2.50 bits per heavy atom. The highest BCUT2D eigenvalue weighted by atomic mass is 32.3. The molecule has 4 N–H and O–H groups in total. The molecule has 0 unspecified atom stereocenters. The third-order valence-corrected chi connectivity index (χ3v) is 8.64. The number of nitrogens with one attached hydrogen (secondary N) is 2. The summed E-state index contributed by atoms with van der Waals surface area (Å²) in [5, 5.41) is 7.63. The van der Waals surface area contributed by atoms with Crippen LogP contribution in [0.4, 0.5) is 5.69 Å². The zero-order valence-corrected chi connectivity index (χ0v) is 20.3. The van der Waals surface area contributed by atoms with Crippen LogP contribution in [0.5, 0.6) is 5.75 Å². The lowest BCUT2D eigenvalue weighted by Gasteiger charge is -2.39. The van der Waals surface area contributed by atoms with E-state index in [-0.39, 0.29) is 5.91 Å². The van der Waals surface area contributed by atoms with Crippen molar-refractivity contribution in [2.24, 2.45) is 13.0 Å². The van der Waals surface area contributed by atoms with Gasteiger partial charge >= 0.3 is 0 Å². The molecule has 1 aliphatic carbocycles. The highest BCUT2D eigenvalue weighted by molar-refractivity contribution is 8.24. The summed E-state index contributed by atoms with van der Waals surface area (Å²) in [5.41, 5.74) is 3.61. The molecular formula is C26H33N3O4S. The molecule has 5 rings (SSSR count). The summed E-state index contributed by atoms with van der Waals surface area (Å²) in [6.45, 7) is 1.47. The number of ether oxygens (including phenoxy) is 1. The predicted molar refractivity (Wildman–Crippen MR) is 138 cm³/mol. The minimum Gasteiger partial charge on any atom is -0.493 e. The summed E-state index contributed by atoms with van der Waals surface area (Å²) < 4.78 is 27.5. The Morgan fingerprint density at radius 1 is 1.06 bits per heavy atom. The Kier molecular flexibility index (Phi) is 6.57. The van der Waals surface area contributed by atoms with Crippen molar-refractivity contribution in [2.75, 3.05) is 23.4 Å². The maximum absolute atomic E-state index is 12.7. The van der Waals surface area contributed by atoms with Gasteiger partial charge in [0, 0.05) is 59.0 Å². The van der Waals surface area contributed by atoms with E-state index < -0.39 is 10.6 Å². The van der Waals surface area contributed by atoms with Gasteiger partial charge in [-0.05, 0) is 80.1 Å². The summed E-state index contributed by atoms with van der Waals surface area (Å²) in [6, 6.07) is 15.7. The van der Waals surface area contributed by atoms with Crippen molar-refractivity contribution >= 4 is 33.1 Å². The molecule has 0 bridgehead atoms. The van der Waals surface area contributed by atoms with Crippen molar-refractivity contribution in [3.8, 4) is 5.75 Å². The first kappa shape index (κ1) is 23.2. The third kappa shape index (κ3) is 5.58. The fourth-order valence-electron chi connectivity index (χ4n) is 4.42. The van der Waals surface area contributed by atoms with Crippen molar-refractivity contribution in [3.63, 3.8) is 0 Å². The van der Waals surface area contributed by atoms with Gasteiger partial charge in [-0.15, -0.1) is 0 Å². The average Bonchev–Trinajstić information content (AvgIpc) is 3.60. The number of benzene rings is 2. The summed E-state index contributed by atoms with van der Waals surface area (Å²) in [6.07, 6.45) is 4.08. The maximum atomic E-state index is 12.7. The van der Waals surface area contributed by atoms with E-state index in [9.17, 15) is 13.9 Å². The first-order chi connectivity index (χ1) is 16.4. The smallest absolute Gasteiger partial charge is 0.255 e. The predicted octanol–water partition coefficient (Wildman–Crippen LogP) is 5.22. The normalized spacial score (nSPS) is 19.1. The lowest BCUT2D eigenvalue weighted by atomic mass is 10.1. The molecule has 1 amide bonds. The number of carbonyl (C=O) groups is 1. The summed E-state index contributed by atoms with van der Waals surface area (Å²) in [7, 11) is -0.310. The van der Waals surface area contributed by atoms with Crippen LogP contribution in [-0.4, -0.2) is 43.7 Å². The molecule has 2 fully saturated rings. The molecule has 1 aliphatic heterocycles. The van der Waals surface area contributed by atoms with Crippen LogP contribution < -0.4 is 15.4 Å². The van der Waals surface area contributed by atoms with Gasteiger partial charge in [0.1, 0.15) is 5.75 Å². The molecule has 1 saturated heterocycles. The van der Waals surface area contributed by atoms with Crippen LogP contribution in [0.2, 0.25) is 0 Å². The van der Waals surface area contributed by atoms with Crippen LogP contribution in [0.25, 0.3) is 10.9 Å². The van der Waals surface area contributed by atoms with Crippen LogP contribution in [0.3, 0.4) is 0 Å². The van der Waals surface area contributed by atoms with Gasteiger partial charge in [-0.3, -0.25) is 13.9 Å². The van der Waals surface area contributed by atoms with Crippen LogP contribution in [0.15, 0.2) is 48.5 Å². The van der Waals surface area contributed by atoms with Crippen molar-refractivity contribution in [1.82, 2.24) is 9.88 Å². The Morgan fingerprint density at radius 2 is 1.79 bits per heavy atom. The largest absolute Gasteiger partial charge is 0.493 e. The molecule has 2 heterocycles. The third-order valence-electron chi connectivity index (χ3n) is 6.86. The number of aromatic nitrogens is 1. The first-order valence-corrected chi connectivity index (χ1v) is 13.8. The van der Waals surface area contributed by atoms with Gasteiger partial charge in [-0.2, -0.15) is 10.6 Å². The topological polar surface area (TPSA) is 95.8 Å². The van der Waals surface area contributed by atoms with E-state index in [1.165, 1.54) is 12.8 Å². The van der Waals surface area contributed by atoms with Gasteiger partial charge in [-0.25, -0.2) is 0 Å². The van der Waals surface area contributed by atoms with Gasteiger partial charge in [0.2, 0.25) is 0 Å². The van der Waals surface area contributed by atoms with E-state index in [1.807, 2.05) is 37.4 Å². The first-order valence-electron chi connectivity index (χ1n) is 12.0. The second-order valence-electron chi connectivity index (χ2n) is 9.57. The summed E-state index contributed by atoms with van der Waals surface area (Å²) in [5.74, 6) is 2.33. The molecule has 0 radical (unpaired) electrons. The Balaban J connectivity index is 1.20. The second-order valence-corrected chi connectivity index (χ2v) is 12.0. The molecule has 2 aliphatic rings. The molecule has 1 aromatic heterocycles. The molecule has 34 heavy (non-hydrogen) atoms. The quantitative estimate of drug-likeness (QED) is 0.352. The van der Waals surface area contributed by atoms with Crippen LogP contribution >= 0.6 is 10.6 Å². The molecular weight excluding hydrogens is 450 g/mol. The maximum Gasteiger partial charge on any atom is 0.255 e. The number of hydrogen-bond donors (Lipinski definition) is 4. The number of carbonyl (C=O) groups excluding carboxylic acids is 1. The Hall–Kier alpha value is -2.52. The lowest BCUT2D eigenvalue weighted by Crippen LogP contribution is -2.36. The number of rotatable bonds is 8. The van der Waals surface area contributed by atoms with Gasteiger partial charge in [-0.1, -0.05) is 0 Å². The van der Waals surface area contributed by atoms with E-state index in [1.54, 1.807) is 12.1 Å². The highest BCUT2D eigenvalue weighted by Gasteiger charge is 2.24. The number of aryl methyl sites for hydroxylation is 1. The number of anilines is 1. The van der Waals surface area contributed by atoms with E-state index in [0.29, 0.717) is 35.6 Å². The summed E-state index contributed by atoms with van der Waals surface area (Å²) in [4.78, 5) is 12.7. The van der Waals surface area contributed by atoms with Crippen molar-refractivity contribution in [2.45, 2.75) is 38.3 Å². The van der Waals surface area contributed by atoms with Gasteiger partial charge in [0.05, 0.1) is 6.61 Å². The molecule has 8 heteroatoms. The lowest BCUT2D eigenvalue weighted by molar-refractivity contribution is 0.102. The SMILES string of the molecule is Cn1c(CNC2CCS(O)(O)CC2)cc2cc(NC(=O)c3ccc(OCC4CC4)cc3)ccc21. The van der Waals surface area contributed by atoms with Crippen molar-refractivity contribution in [1.29, 1.82) is 0 Å². The molecule has 1 saturated carbocycles. The van der Waals surface area contributed by atoms with Crippen molar-refractivity contribution < 1.29 is 18.6 Å². The minimum atomic E-state index is -2.35. The van der Waals surface area contributed by atoms with Gasteiger partial charge < -0.3 is 19.9 Å². The molecule has 3 aromatic rings. The monoisotopic (exact) mass is 483 g/mol. The average molecular weight is 484 g/mol. The Labute approximate surface area is 201 Å². The Bertz CT molecular complexity index is 1160. The van der Waals surface area contributed by atoms with Crippen LogP contribution in [0.1, 0.15) is 41.7 Å². The second kappa shape index (κ2) is 9.62. The van der Waals surface area contributed by atoms with E-state index in [0.717, 1.165) is 47.5 Å². The number of amides is 1. The fraction of sp³-hybridized carbons (Fsp3) is 0.423. The molecule has 7 nitrogen and oxygen atoms in total. The minimum absolute atomic E-state index is 0.144. The standard InChI is InChI=1S/C26H33N3O4S/c1-29-23(16-27-21-10-12-34(31,32)13-11-21)15-20-14-22(6-9-25(20)29)28-26(30)19-4-7-24(8-5-19)33-17-18-2-3-18/h4-9,14-15,18,21,27,31-32H,2-3,10-13,16-17H2,1H3,(H,28,30). The fourth-order valence-corrected chi connectivity index (χ4v) is 5.95. The van der Waals surface area contributed by atoms with E-state index >= 15 is 0 Å². The van der Waals surface area contributed by atoms with Crippen molar-refractivity contribution in [3.05, 3.63) is 59.8 Å². The molecule has 0 spiro atoms. The van der Waals surface area contributed by atoms with Crippen LogP contribution in [-0.2, 0) is 13.6 Å². The van der Waals surface area contributed by atoms with Crippen LogP contribution in [0, 0.1) is 5.92 Å². The van der Waals surface area contributed by atoms with Gasteiger partial charge in [0.15, 0.2) is 0 Å². The molecule has 182 valence electrons. The number of nitrogens with zero attached hydrogens (tertiary/aromatic N) is 1. The zero-order valence-electron chi connectivity index (χ0n) is 19.5. The number of fused-ring (bicyclic) bond motifs is 1. The van der Waals surface area contributed by atoms with E-state index in [4.69, 9.17) is 4.74 Å². The molecule has 2 aromatic carbocycles. The van der Waals surface area contributed by atoms with E-state index in [2.05, 4.69) is 21.3 Å². The number of hydrogen-bond acceptors (Lipinski definition) is 5. The zero-order chi connectivity index (χ0) is 23.7.